The van der Waals surface area contributed by atoms with Gasteiger partial charge in [0, 0.05) is 10.3 Å². The number of aliphatic hydroxyl groups excluding tert-OH is 1. The Balaban J connectivity index is 2.23. The van der Waals surface area contributed by atoms with E-state index in [0.717, 1.165) is 36.1 Å². The van der Waals surface area contributed by atoms with Crippen LogP contribution in [-0.4, -0.2) is 26.6 Å². The van der Waals surface area contributed by atoms with E-state index in [4.69, 9.17) is 0 Å². The summed E-state index contributed by atoms with van der Waals surface area (Å²) in [5.41, 5.74) is 0.397. The molecular formula is C19H29NO3S. The molecule has 0 aliphatic heterocycles. The maximum atomic E-state index is 13.1. The first-order chi connectivity index (χ1) is 11.2. The summed E-state index contributed by atoms with van der Waals surface area (Å²) >= 11 is 0. The quantitative estimate of drug-likeness (QED) is 0.874. The lowest BCUT2D eigenvalue weighted by atomic mass is 9.94. The average Bonchev–Trinajstić information content (AvgIpc) is 2.53. The van der Waals surface area contributed by atoms with E-state index in [2.05, 4.69) is 5.32 Å². The summed E-state index contributed by atoms with van der Waals surface area (Å²) in [4.78, 5) is 13.0. The fraction of sp³-hybridized carbons (Fsp3) is 0.632. The first kappa shape index (κ1) is 19.1. The maximum absolute atomic E-state index is 13.1. The first-order valence-electron chi connectivity index (χ1n) is 8.70. The monoisotopic (exact) mass is 351 g/mol. The van der Waals surface area contributed by atoms with Gasteiger partial charge in [-0.05, 0) is 31.4 Å². The lowest BCUT2D eigenvalue weighted by molar-refractivity contribution is -0.129. The molecule has 1 aromatic rings. The van der Waals surface area contributed by atoms with Crippen LogP contribution < -0.4 is 5.32 Å². The molecule has 0 saturated heterocycles. The number of nitrogens with one attached hydrogen (secondary N) is 1. The highest BCUT2D eigenvalue weighted by molar-refractivity contribution is 7.85. The van der Waals surface area contributed by atoms with Gasteiger partial charge in [-0.1, -0.05) is 51.8 Å². The summed E-state index contributed by atoms with van der Waals surface area (Å²) in [6, 6.07) is 7.30. The number of hydrogen-bond donors (Lipinski definition) is 2. The third-order valence-electron chi connectivity index (χ3n) is 4.57. The second kappa shape index (κ2) is 7.79. The SMILES string of the molecule is C[C@@H](NC(=O)C(C)(C)C)c1ccccc1[S@@](=O)C1CCCC[C@H]1O. The van der Waals surface area contributed by atoms with Crippen molar-refractivity contribution < 1.29 is 14.1 Å². The number of carbonyl (C=O) groups excluding carboxylic acids is 1. The number of rotatable bonds is 4. The van der Waals surface area contributed by atoms with Crippen LogP contribution in [0.1, 0.15) is 65.0 Å². The molecule has 134 valence electrons. The smallest absolute Gasteiger partial charge is 0.225 e. The van der Waals surface area contributed by atoms with Crippen LogP contribution in [0.2, 0.25) is 0 Å². The van der Waals surface area contributed by atoms with Crippen molar-refractivity contribution in [1.82, 2.24) is 5.32 Å². The zero-order valence-electron chi connectivity index (χ0n) is 15.0. The summed E-state index contributed by atoms with van der Waals surface area (Å²) in [7, 11) is -1.27. The fourth-order valence-corrected chi connectivity index (χ4v) is 4.82. The first-order valence-corrected chi connectivity index (χ1v) is 9.91. The molecule has 1 amide bonds. The van der Waals surface area contributed by atoms with E-state index < -0.39 is 22.3 Å². The lowest BCUT2D eigenvalue weighted by Gasteiger charge is -2.29. The minimum absolute atomic E-state index is 0.0340. The minimum atomic E-state index is -1.27. The molecule has 2 rings (SSSR count). The molecule has 0 spiro atoms. The van der Waals surface area contributed by atoms with Crippen molar-refractivity contribution >= 4 is 16.7 Å². The molecule has 0 aromatic heterocycles. The van der Waals surface area contributed by atoms with Gasteiger partial charge in [0.15, 0.2) is 0 Å². The Hall–Kier alpha value is -1.20. The van der Waals surface area contributed by atoms with Crippen molar-refractivity contribution in [2.24, 2.45) is 5.41 Å². The Labute approximate surface area is 147 Å². The predicted molar refractivity (Wildman–Crippen MR) is 97.1 cm³/mol. The summed E-state index contributed by atoms with van der Waals surface area (Å²) in [6.45, 7) is 7.53. The molecule has 1 aliphatic rings. The number of aliphatic hydroxyl groups is 1. The average molecular weight is 352 g/mol. The van der Waals surface area contributed by atoms with Gasteiger partial charge in [0.2, 0.25) is 5.91 Å². The van der Waals surface area contributed by atoms with Gasteiger partial charge in [-0.25, -0.2) is 0 Å². The molecule has 4 atom stereocenters. The summed E-state index contributed by atoms with van der Waals surface area (Å²) < 4.78 is 13.1. The molecule has 2 N–H and O–H groups in total. The molecule has 5 heteroatoms. The van der Waals surface area contributed by atoms with Crippen LogP contribution >= 0.6 is 0 Å². The maximum Gasteiger partial charge on any atom is 0.225 e. The normalized spacial score (nSPS) is 24.2. The van der Waals surface area contributed by atoms with E-state index in [-0.39, 0.29) is 17.2 Å². The molecule has 1 fully saturated rings. The molecule has 0 radical (unpaired) electrons. The van der Waals surface area contributed by atoms with E-state index in [1.54, 1.807) is 0 Å². The highest BCUT2D eigenvalue weighted by Crippen LogP contribution is 2.30. The molecular weight excluding hydrogens is 322 g/mol. The zero-order valence-corrected chi connectivity index (χ0v) is 15.9. The van der Waals surface area contributed by atoms with Gasteiger partial charge >= 0.3 is 0 Å². The Kier molecular flexibility index (Phi) is 6.21. The molecule has 0 bridgehead atoms. The predicted octanol–water partition coefficient (Wildman–Crippen LogP) is 3.32. The highest BCUT2D eigenvalue weighted by atomic mass is 32.2. The van der Waals surface area contributed by atoms with Crippen LogP contribution in [-0.2, 0) is 15.6 Å². The topological polar surface area (TPSA) is 66.4 Å². The molecule has 0 heterocycles. The van der Waals surface area contributed by atoms with Crippen molar-refractivity contribution in [2.45, 2.75) is 75.7 Å². The van der Waals surface area contributed by atoms with E-state index >= 15 is 0 Å². The summed E-state index contributed by atoms with van der Waals surface area (Å²) in [5, 5.41) is 13.0. The molecule has 24 heavy (non-hydrogen) atoms. The van der Waals surface area contributed by atoms with Crippen molar-refractivity contribution in [3.8, 4) is 0 Å². The summed E-state index contributed by atoms with van der Waals surface area (Å²) in [6.07, 6.45) is 2.99. The van der Waals surface area contributed by atoms with E-state index in [0.29, 0.717) is 0 Å². The Morgan fingerprint density at radius 3 is 2.50 bits per heavy atom. The lowest BCUT2D eigenvalue weighted by Crippen LogP contribution is -2.37. The van der Waals surface area contributed by atoms with Gasteiger partial charge < -0.3 is 10.4 Å². The van der Waals surface area contributed by atoms with Crippen LogP contribution in [0.15, 0.2) is 29.2 Å². The number of hydrogen-bond acceptors (Lipinski definition) is 3. The van der Waals surface area contributed by atoms with Crippen LogP contribution in [0.25, 0.3) is 0 Å². The summed E-state index contributed by atoms with van der Waals surface area (Å²) in [5.74, 6) is -0.0340. The number of amides is 1. The van der Waals surface area contributed by atoms with Gasteiger partial charge in [-0.2, -0.15) is 0 Å². The molecule has 1 saturated carbocycles. The van der Waals surface area contributed by atoms with Crippen molar-refractivity contribution in [3.05, 3.63) is 29.8 Å². The largest absolute Gasteiger partial charge is 0.392 e. The fourth-order valence-electron chi connectivity index (χ4n) is 3.00. The zero-order chi connectivity index (χ0) is 17.9. The van der Waals surface area contributed by atoms with E-state index in [9.17, 15) is 14.1 Å². The van der Waals surface area contributed by atoms with Crippen LogP contribution in [0.5, 0.6) is 0 Å². The second-order valence-corrected chi connectivity index (χ2v) is 9.31. The van der Waals surface area contributed by atoms with Gasteiger partial charge in [0.05, 0.1) is 28.2 Å². The Morgan fingerprint density at radius 1 is 1.25 bits per heavy atom. The van der Waals surface area contributed by atoms with Crippen molar-refractivity contribution in [1.29, 1.82) is 0 Å². The Bertz CT molecular complexity index is 609. The molecule has 1 unspecified atom stereocenters. The van der Waals surface area contributed by atoms with Gasteiger partial charge in [-0.3, -0.25) is 9.00 Å². The van der Waals surface area contributed by atoms with E-state index in [1.807, 2.05) is 52.0 Å². The third kappa shape index (κ3) is 4.45. The number of carbonyl (C=O) groups is 1. The molecule has 1 aromatic carbocycles. The Morgan fingerprint density at radius 2 is 1.88 bits per heavy atom. The van der Waals surface area contributed by atoms with Crippen molar-refractivity contribution in [3.63, 3.8) is 0 Å². The van der Waals surface area contributed by atoms with Crippen LogP contribution in [0, 0.1) is 5.41 Å². The molecule has 4 nitrogen and oxygen atoms in total. The van der Waals surface area contributed by atoms with Crippen molar-refractivity contribution in [2.75, 3.05) is 0 Å². The third-order valence-corrected chi connectivity index (χ3v) is 6.48. The van der Waals surface area contributed by atoms with E-state index in [1.165, 1.54) is 0 Å². The highest BCUT2D eigenvalue weighted by Gasteiger charge is 2.31. The molecule has 1 aliphatic carbocycles. The minimum Gasteiger partial charge on any atom is -0.392 e. The standard InChI is InChI=1S/C19H29NO3S/c1-13(20-18(22)19(2,3)4)14-9-5-7-11-16(14)24(23)17-12-8-6-10-15(17)21/h5,7,9,11,13,15,17,21H,6,8,10,12H2,1-4H3,(H,20,22)/t13-,15-,17?,24-/m1/s1. The van der Waals surface area contributed by atoms with Gasteiger partial charge in [0.1, 0.15) is 0 Å². The second-order valence-electron chi connectivity index (χ2n) is 7.67. The number of benzene rings is 1. The van der Waals surface area contributed by atoms with Crippen LogP contribution in [0.4, 0.5) is 0 Å². The van der Waals surface area contributed by atoms with Crippen LogP contribution in [0.3, 0.4) is 0 Å². The van der Waals surface area contributed by atoms with Gasteiger partial charge in [0.25, 0.3) is 0 Å². The van der Waals surface area contributed by atoms with Gasteiger partial charge in [-0.15, -0.1) is 0 Å².